The summed E-state index contributed by atoms with van der Waals surface area (Å²) in [7, 11) is 0. The molecule has 0 bridgehead atoms. The third-order valence-corrected chi connectivity index (χ3v) is 7.14. The Balaban J connectivity index is 1.95. The molecule has 0 saturated heterocycles. The number of carboxylic acid groups (broad SMARTS) is 1. The predicted molar refractivity (Wildman–Crippen MR) is 151 cm³/mol. The predicted octanol–water partition coefficient (Wildman–Crippen LogP) is 5.02. The highest BCUT2D eigenvalue weighted by Gasteiger charge is 2.34. The number of carboxylic acids is 1. The van der Waals surface area contributed by atoms with Crippen LogP contribution in [0.5, 0.6) is 0 Å². The van der Waals surface area contributed by atoms with E-state index >= 15 is 0 Å². The van der Waals surface area contributed by atoms with Crippen LogP contribution in [-0.2, 0) is 6.18 Å². The van der Waals surface area contributed by atoms with E-state index in [1.165, 1.54) is 29.1 Å². The minimum absolute atomic E-state index is 0.0344. The van der Waals surface area contributed by atoms with E-state index in [2.05, 4.69) is 25.6 Å². The summed E-state index contributed by atoms with van der Waals surface area (Å²) in [4.78, 5) is 49.6. The summed E-state index contributed by atoms with van der Waals surface area (Å²) in [6.45, 7) is 5.55. The topological polar surface area (TPSA) is 159 Å². The molecule has 4 N–H and O–H groups in total. The zero-order valence-electron chi connectivity index (χ0n) is 22.7. The van der Waals surface area contributed by atoms with Gasteiger partial charge in [0.2, 0.25) is 5.43 Å². The first-order valence-corrected chi connectivity index (χ1v) is 13.7. The minimum Gasteiger partial charge on any atom is -0.477 e. The summed E-state index contributed by atoms with van der Waals surface area (Å²) in [6, 6.07) is 1.59. The van der Waals surface area contributed by atoms with E-state index in [4.69, 9.17) is 0 Å². The Kier molecular flexibility index (Phi) is 8.92. The van der Waals surface area contributed by atoms with Crippen LogP contribution in [0, 0.1) is 5.92 Å². The smallest absolute Gasteiger partial charge is 0.434 e. The first kappa shape index (κ1) is 30.6. The molecule has 1 unspecified atom stereocenters. The quantitative estimate of drug-likeness (QED) is 0.207. The number of alkyl halides is 3. The number of hydrogen-bond donors (Lipinski definition) is 4. The van der Waals surface area contributed by atoms with Crippen molar-refractivity contribution in [2.24, 2.45) is 5.92 Å². The van der Waals surface area contributed by atoms with Crippen LogP contribution in [0.15, 0.2) is 40.9 Å². The number of aliphatic hydroxyl groups excluding tert-OH is 1. The zero-order chi connectivity index (χ0) is 30.8. The van der Waals surface area contributed by atoms with Gasteiger partial charge in [0.05, 0.1) is 18.0 Å². The molecular weight excluding hydrogens is 577 g/mol. The summed E-state index contributed by atoms with van der Waals surface area (Å²) in [5.74, 6) is -1.30. The van der Waals surface area contributed by atoms with E-state index in [1.807, 2.05) is 13.8 Å². The molecule has 4 rings (SSSR count). The van der Waals surface area contributed by atoms with Crippen molar-refractivity contribution in [3.63, 3.8) is 0 Å². The second kappa shape index (κ2) is 12.2. The maximum absolute atomic E-state index is 13.4. The summed E-state index contributed by atoms with van der Waals surface area (Å²) in [6.07, 6.45) is -0.393. The van der Waals surface area contributed by atoms with Crippen molar-refractivity contribution in [1.29, 1.82) is 0 Å². The molecule has 4 aromatic heterocycles. The maximum Gasteiger partial charge on any atom is 0.434 e. The molecular formula is C27H27F3N6O5S. The molecule has 4 heterocycles. The Morgan fingerprint density at radius 3 is 2.48 bits per heavy atom. The number of halogens is 3. The number of urea groups is 1. The molecule has 0 saturated carbocycles. The molecule has 0 spiro atoms. The number of aromatic nitrogens is 4. The van der Waals surface area contributed by atoms with Gasteiger partial charge in [-0.05, 0) is 31.4 Å². The SMILES string of the molecule is CCNC(=O)Nc1cc(-c2nc(C(F)(F)F)cs2)c(-c2cnc3c(c2)c(=O)c(C(=O)O)cn3C(CO)CC(C)C)cn1. The van der Waals surface area contributed by atoms with Crippen molar-refractivity contribution < 1.29 is 33.0 Å². The molecule has 0 aromatic carbocycles. The number of aliphatic hydroxyl groups is 1. The number of amides is 2. The summed E-state index contributed by atoms with van der Waals surface area (Å²) in [5.41, 5.74) is -1.67. The minimum atomic E-state index is -4.69. The molecule has 0 aliphatic carbocycles. The van der Waals surface area contributed by atoms with Crippen LogP contribution in [0.2, 0.25) is 0 Å². The number of hydrogen-bond acceptors (Lipinski definition) is 8. The zero-order valence-corrected chi connectivity index (χ0v) is 23.5. The highest BCUT2D eigenvalue weighted by molar-refractivity contribution is 7.13. The van der Waals surface area contributed by atoms with Crippen molar-refractivity contribution in [2.45, 2.75) is 39.4 Å². The standard InChI is InChI=1S/C27H27F3N6O5S/c1-4-31-26(41)35-21-7-16(24-34-20(12-42-24)27(28,29)30)18(9-32-21)14-6-17-22(38)19(25(39)40)10-36(23(17)33-8-14)15(11-37)5-13(2)3/h6-10,12-13,15,37H,4-5,11H2,1-3H3,(H,39,40)(H2,31,32,35,41). The van der Waals surface area contributed by atoms with Gasteiger partial charge in [-0.25, -0.2) is 24.5 Å². The van der Waals surface area contributed by atoms with Gasteiger partial charge in [-0.1, -0.05) is 13.8 Å². The molecule has 0 radical (unpaired) electrons. The number of pyridine rings is 3. The van der Waals surface area contributed by atoms with Crippen LogP contribution < -0.4 is 16.1 Å². The van der Waals surface area contributed by atoms with Crippen molar-refractivity contribution in [3.8, 4) is 21.7 Å². The second-order valence-electron chi connectivity index (χ2n) is 9.78. The number of carbonyl (C=O) groups is 2. The van der Waals surface area contributed by atoms with E-state index in [1.54, 1.807) is 6.92 Å². The van der Waals surface area contributed by atoms with E-state index in [-0.39, 0.29) is 51.1 Å². The average Bonchev–Trinajstić information content (AvgIpc) is 3.43. The molecule has 0 aliphatic heterocycles. The van der Waals surface area contributed by atoms with Crippen LogP contribution >= 0.6 is 11.3 Å². The lowest BCUT2D eigenvalue weighted by molar-refractivity contribution is -0.140. The molecule has 222 valence electrons. The maximum atomic E-state index is 13.4. The average molecular weight is 605 g/mol. The number of carbonyl (C=O) groups excluding carboxylic acids is 1. The highest BCUT2D eigenvalue weighted by Crippen LogP contribution is 2.38. The van der Waals surface area contributed by atoms with Crippen LogP contribution in [0.25, 0.3) is 32.7 Å². The molecule has 0 fully saturated rings. The van der Waals surface area contributed by atoms with E-state index < -0.39 is 40.9 Å². The lowest BCUT2D eigenvalue weighted by atomic mass is 10.0. The molecule has 2 amide bonds. The van der Waals surface area contributed by atoms with Gasteiger partial charge in [0.15, 0.2) is 5.69 Å². The normalized spacial score (nSPS) is 12.5. The monoisotopic (exact) mass is 604 g/mol. The van der Waals surface area contributed by atoms with E-state index in [0.717, 1.165) is 22.9 Å². The Morgan fingerprint density at radius 2 is 1.88 bits per heavy atom. The van der Waals surface area contributed by atoms with Crippen LogP contribution in [0.1, 0.15) is 49.3 Å². The fourth-order valence-corrected chi connectivity index (χ4v) is 5.27. The second-order valence-corrected chi connectivity index (χ2v) is 10.6. The van der Waals surface area contributed by atoms with Crippen molar-refractivity contribution in [1.82, 2.24) is 24.8 Å². The van der Waals surface area contributed by atoms with Gasteiger partial charge in [0, 0.05) is 47.2 Å². The number of aromatic carboxylic acids is 1. The molecule has 1 atom stereocenters. The van der Waals surface area contributed by atoms with E-state index in [9.17, 15) is 37.8 Å². The van der Waals surface area contributed by atoms with Gasteiger partial charge in [-0.2, -0.15) is 13.2 Å². The first-order valence-electron chi connectivity index (χ1n) is 12.8. The van der Waals surface area contributed by atoms with Crippen LogP contribution in [0.3, 0.4) is 0 Å². The fraction of sp³-hybridized carbons (Fsp3) is 0.333. The van der Waals surface area contributed by atoms with Gasteiger partial charge < -0.3 is 20.1 Å². The first-order chi connectivity index (χ1) is 19.8. The molecule has 11 nitrogen and oxygen atoms in total. The Hall–Kier alpha value is -4.37. The van der Waals surface area contributed by atoms with Gasteiger partial charge in [-0.15, -0.1) is 11.3 Å². The lowest BCUT2D eigenvalue weighted by Gasteiger charge is -2.22. The van der Waals surface area contributed by atoms with Crippen LogP contribution in [-0.4, -0.2) is 54.9 Å². The van der Waals surface area contributed by atoms with Crippen molar-refractivity contribution in [3.05, 3.63) is 57.6 Å². The number of nitrogens with one attached hydrogen (secondary N) is 2. The van der Waals surface area contributed by atoms with Gasteiger partial charge in [0.1, 0.15) is 22.0 Å². The number of fused-ring (bicyclic) bond motifs is 1. The third-order valence-electron chi connectivity index (χ3n) is 6.27. The number of anilines is 1. The van der Waals surface area contributed by atoms with Crippen molar-refractivity contribution in [2.75, 3.05) is 18.5 Å². The molecule has 4 aromatic rings. The lowest BCUT2D eigenvalue weighted by Crippen LogP contribution is -2.28. The Morgan fingerprint density at radius 1 is 1.14 bits per heavy atom. The number of thiazole rings is 1. The molecule has 0 aliphatic rings. The van der Waals surface area contributed by atoms with Crippen molar-refractivity contribution >= 4 is 40.2 Å². The Bertz CT molecular complexity index is 1700. The van der Waals surface area contributed by atoms with Gasteiger partial charge in [-0.3, -0.25) is 10.1 Å². The van der Waals surface area contributed by atoms with Crippen LogP contribution in [0.4, 0.5) is 23.8 Å². The largest absolute Gasteiger partial charge is 0.477 e. The highest BCUT2D eigenvalue weighted by atomic mass is 32.1. The Labute approximate surface area is 241 Å². The van der Waals surface area contributed by atoms with Gasteiger partial charge in [0.25, 0.3) is 0 Å². The summed E-state index contributed by atoms with van der Waals surface area (Å²) in [5, 5.41) is 25.6. The molecule has 15 heteroatoms. The summed E-state index contributed by atoms with van der Waals surface area (Å²) >= 11 is 0.725. The number of nitrogens with zero attached hydrogens (tertiary/aromatic N) is 4. The van der Waals surface area contributed by atoms with E-state index in [0.29, 0.717) is 13.0 Å². The third kappa shape index (κ3) is 6.41. The van der Waals surface area contributed by atoms with Gasteiger partial charge >= 0.3 is 18.2 Å². The number of rotatable bonds is 9. The fourth-order valence-electron chi connectivity index (χ4n) is 4.41. The molecule has 42 heavy (non-hydrogen) atoms. The summed E-state index contributed by atoms with van der Waals surface area (Å²) < 4.78 is 41.5.